The topological polar surface area (TPSA) is 69.3 Å². The number of fused-ring (bicyclic) bond motifs is 1. The summed E-state index contributed by atoms with van der Waals surface area (Å²) in [6.07, 6.45) is 0.692. The van der Waals surface area contributed by atoms with Gasteiger partial charge in [0, 0.05) is 24.0 Å². The van der Waals surface area contributed by atoms with Gasteiger partial charge in [0.2, 0.25) is 6.79 Å². The van der Waals surface area contributed by atoms with Gasteiger partial charge in [0.25, 0.3) is 0 Å². The zero-order chi connectivity index (χ0) is 18.5. The van der Waals surface area contributed by atoms with Crippen molar-refractivity contribution >= 4 is 17.4 Å². The van der Waals surface area contributed by atoms with Crippen LogP contribution in [0.1, 0.15) is 4.88 Å². The summed E-state index contributed by atoms with van der Waals surface area (Å²) in [6.45, 7) is 2.85. The number of ether oxygens (including phenoxy) is 4. The minimum absolute atomic E-state index is 0.0528. The quantitative estimate of drug-likeness (QED) is 0.821. The third-order valence-corrected chi connectivity index (χ3v) is 5.37. The molecule has 7 nitrogen and oxygen atoms in total. The summed E-state index contributed by atoms with van der Waals surface area (Å²) in [4.78, 5) is 15.4. The summed E-state index contributed by atoms with van der Waals surface area (Å²) < 4.78 is 22.2. The smallest absolute Gasteiger partial charge is 0.317 e. The van der Waals surface area contributed by atoms with Gasteiger partial charge in [-0.15, -0.1) is 11.3 Å². The van der Waals surface area contributed by atoms with Crippen LogP contribution in [0.3, 0.4) is 0 Å². The average Bonchev–Trinajstić information content (AvgIpc) is 3.38. The van der Waals surface area contributed by atoms with Crippen LogP contribution < -0.4 is 19.5 Å². The molecule has 144 valence electrons. The van der Waals surface area contributed by atoms with Gasteiger partial charge in [-0.25, -0.2) is 4.79 Å². The molecule has 1 unspecified atom stereocenters. The fraction of sp³-hybridized carbons (Fsp3) is 0.421. The van der Waals surface area contributed by atoms with E-state index in [1.807, 2.05) is 23.6 Å². The van der Waals surface area contributed by atoms with Crippen LogP contribution in [0, 0.1) is 0 Å². The van der Waals surface area contributed by atoms with E-state index in [1.54, 1.807) is 22.3 Å². The number of urea groups is 1. The normalized spacial score (nSPS) is 18.4. The first-order valence-corrected chi connectivity index (χ1v) is 9.85. The van der Waals surface area contributed by atoms with Crippen molar-refractivity contribution < 1.29 is 23.7 Å². The molecule has 0 aliphatic carbocycles. The molecule has 0 bridgehead atoms. The van der Waals surface area contributed by atoms with Crippen LogP contribution in [0.25, 0.3) is 0 Å². The van der Waals surface area contributed by atoms with Crippen LogP contribution in [-0.4, -0.2) is 56.7 Å². The number of rotatable bonds is 6. The van der Waals surface area contributed by atoms with Crippen molar-refractivity contribution in [2.75, 3.05) is 39.6 Å². The van der Waals surface area contributed by atoms with Gasteiger partial charge in [0.1, 0.15) is 18.5 Å². The summed E-state index contributed by atoms with van der Waals surface area (Å²) in [5, 5.41) is 5.03. The van der Waals surface area contributed by atoms with Gasteiger partial charge < -0.3 is 29.2 Å². The molecule has 1 aromatic carbocycles. The van der Waals surface area contributed by atoms with Gasteiger partial charge in [-0.2, -0.15) is 0 Å². The van der Waals surface area contributed by atoms with Gasteiger partial charge >= 0.3 is 6.03 Å². The maximum atomic E-state index is 12.4. The Hall–Kier alpha value is -2.45. The van der Waals surface area contributed by atoms with Crippen molar-refractivity contribution in [3.63, 3.8) is 0 Å². The van der Waals surface area contributed by atoms with E-state index in [1.165, 1.54) is 4.88 Å². The van der Waals surface area contributed by atoms with Crippen molar-refractivity contribution in [3.05, 3.63) is 40.6 Å². The molecule has 2 amide bonds. The number of amides is 2. The molecule has 8 heteroatoms. The molecule has 0 spiro atoms. The first kappa shape index (κ1) is 17.9. The van der Waals surface area contributed by atoms with Crippen molar-refractivity contribution in [2.24, 2.45) is 0 Å². The number of carbonyl (C=O) groups is 1. The van der Waals surface area contributed by atoms with E-state index >= 15 is 0 Å². The molecular formula is C19H22N2O5S. The molecule has 27 heavy (non-hydrogen) atoms. The first-order valence-electron chi connectivity index (χ1n) is 8.97. The second-order valence-corrected chi connectivity index (χ2v) is 7.36. The Bertz CT molecular complexity index is 767. The highest BCUT2D eigenvalue weighted by molar-refractivity contribution is 7.09. The molecule has 1 saturated heterocycles. The van der Waals surface area contributed by atoms with Crippen molar-refractivity contribution in [1.82, 2.24) is 10.2 Å². The van der Waals surface area contributed by atoms with Crippen LogP contribution in [0.2, 0.25) is 0 Å². The number of nitrogens with zero attached hydrogens (tertiary/aromatic N) is 1. The fourth-order valence-corrected chi connectivity index (χ4v) is 3.73. The molecular weight excluding hydrogens is 368 g/mol. The predicted molar refractivity (Wildman–Crippen MR) is 101 cm³/mol. The molecule has 2 aliphatic heterocycles. The molecule has 4 rings (SSSR count). The number of nitrogens with one attached hydrogen (secondary N) is 1. The van der Waals surface area contributed by atoms with Crippen molar-refractivity contribution in [3.8, 4) is 17.2 Å². The molecule has 0 saturated carbocycles. The number of hydrogen-bond donors (Lipinski definition) is 1. The lowest BCUT2D eigenvalue weighted by atomic mass is 10.3. The molecule has 2 aromatic rings. The van der Waals surface area contributed by atoms with Gasteiger partial charge in [-0.3, -0.25) is 0 Å². The zero-order valence-electron chi connectivity index (χ0n) is 14.9. The Kier molecular flexibility index (Phi) is 5.64. The molecule has 1 atom stereocenters. The van der Waals surface area contributed by atoms with E-state index in [0.29, 0.717) is 44.3 Å². The summed E-state index contributed by atoms with van der Waals surface area (Å²) in [7, 11) is 0. The molecule has 1 N–H and O–H groups in total. The summed E-state index contributed by atoms with van der Waals surface area (Å²) in [5.74, 6) is 2.10. The largest absolute Gasteiger partial charge is 0.491 e. The fourth-order valence-electron chi connectivity index (χ4n) is 3.02. The maximum Gasteiger partial charge on any atom is 0.317 e. The van der Waals surface area contributed by atoms with Gasteiger partial charge in [0.05, 0.1) is 13.2 Å². The predicted octanol–water partition coefficient (Wildman–Crippen LogP) is 2.51. The van der Waals surface area contributed by atoms with Crippen LogP contribution in [0.4, 0.5) is 4.79 Å². The lowest BCUT2D eigenvalue weighted by Gasteiger charge is -2.32. The zero-order valence-corrected chi connectivity index (χ0v) is 15.7. The number of morpholine rings is 1. The highest BCUT2D eigenvalue weighted by Crippen LogP contribution is 2.35. The van der Waals surface area contributed by atoms with Crippen LogP contribution in [0.5, 0.6) is 17.2 Å². The van der Waals surface area contributed by atoms with E-state index < -0.39 is 0 Å². The Labute approximate surface area is 161 Å². The van der Waals surface area contributed by atoms with E-state index in [2.05, 4.69) is 11.4 Å². The lowest BCUT2D eigenvalue weighted by Crippen LogP contribution is -2.51. The first-order chi connectivity index (χ1) is 13.3. The summed E-state index contributed by atoms with van der Waals surface area (Å²) in [6, 6.07) is 9.52. The number of thiophene rings is 1. The average molecular weight is 390 g/mol. The number of carbonyl (C=O) groups excluding carboxylic acids is 1. The second-order valence-electron chi connectivity index (χ2n) is 6.33. The SMILES string of the molecule is O=C(NCCc1cccs1)N1CCOC(COc2ccc3c(c2)OCO3)C1. The highest BCUT2D eigenvalue weighted by Gasteiger charge is 2.25. The third kappa shape index (κ3) is 4.64. The van der Waals surface area contributed by atoms with Gasteiger partial charge in [-0.1, -0.05) is 6.07 Å². The number of hydrogen-bond acceptors (Lipinski definition) is 6. The van der Waals surface area contributed by atoms with Crippen LogP contribution >= 0.6 is 11.3 Å². The Morgan fingerprint density at radius 3 is 3.11 bits per heavy atom. The summed E-state index contributed by atoms with van der Waals surface area (Å²) in [5.41, 5.74) is 0. The van der Waals surface area contributed by atoms with E-state index in [-0.39, 0.29) is 18.9 Å². The van der Waals surface area contributed by atoms with E-state index in [0.717, 1.165) is 12.2 Å². The summed E-state index contributed by atoms with van der Waals surface area (Å²) >= 11 is 1.70. The Balaban J connectivity index is 1.22. The van der Waals surface area contributed by atoms with Crippen LogP contribution in [0.15, 0.2) is 35.7 Å². The highest BCUT2D eigenvalue weighted by atomic mass is 32.1. The molecule has 3 heterocycles. The van der Waals surface area contributed by atoms with Crippen molar-refractivity contribution in [1.29, 1.82) is 0 Å². The lowest BCUT2D eigenvalue weighted by molar-refractivity contribution is -0.0351. The minimum atomic E-state index is -0.160. The second kappa shape index (κ2) is 8.49. The minimum Gasteiger partial charge on any atom is -0.491 e. The van der Waals surface area contributed by atoms with E-state index in [4.69, 9.17) is 18.9 Å². The molecule has 2 aliphatic rings. The van der Waals surface area contributed by atoms with Gasteiger partial charge in [-0.05, 0) is 30.0 Å². The Morgan fingerprint density at radius 1 is 1.30 bits per heavy atom. The molecule has 0 radical (unpaired) electrons. The standard InChI is InChI=1S/C19H22N2O5S/c22-19(20-6-5-16-2-1-9-27-16)21-7-8-23-15(11-21)12-24-14-3-4-17-18(10-14)26-13-25-17/h1-4,9-10,15H,5-8,11-13H2,(H,20,22). The Morgan fingerprint density at radius 2 is 2.22 bits per heavy atom. The third-order valence-electron chi connectivity index (χ3n) is 4.43. The monoisotopic (exact) mass is 390 g/mol. The molecule has 1 aromatic heterocycles. The van der Waals surface area contributed by atoms with Crippen LogP contribution in [-0.2, 0) is 11.2 Å². The maximum absolute atomic E-state index is 12.4. The van der Waals surface area contributed by atoms with Gasteiger partial charge in [0.15, 0.2) is 11.5 Å². The number of benzene rings is 1. The molecule has 1 fully saturated rings. The van der Waals surface area contributed by atoms with E-state index in [9.17, 15) is 4.79 Å². The van der Waals surface area contributed by atoms with Crippen molar-refractivity contribution in [2.45, 2.75) is 12.5 Å².